The lowest BCUT2D eigenvalue weighted by molar-refractivity contribution is 0.502. The molecule has 17 heavy (non-hydrogen) atoms. The van der Waals surface area contributed by atoms with Gasteiger partial charge in [0, 0.05) is 12.1 Å². The summed E-state index contributed by atoms with van der Waals surface area (Å²) in [4.78, 5) is 8.00. The summed E-state index contributed by atoms with van der Waals surface area (Å²) in [6, 6.07) is 2.21. The molecule has 0 aliphatic heterocycles. The van der Waals surface area contributed by atoms with Crippen molar-refractivity contribution in [2.45, 2.75) is 45.1 Å². The van der Waals surface area contributed by atoms with E-state index in [1.165, 1.54) is 32.1 Å². The number of anilines is 2. The summed E-state index contributed by atoms with van der Waals surface area (Å²) in [5.41, 5.74) is 5.57. The van der Waals surface area contributed by atoms with Gasteiger partial charge in [0.15, 0.2) is 0 Å². The molecule has 0 amide bonds. The minimum absolute atomic E-state index is 0.224. The molecule has 1 saturated carbocycles. The van der Waals surface area contributed by atoms with Gasteiger partial charge in [0.25, 0.3) is 0 Å². The fourth-order valence-corrected chi connectivity index (χ4v) is 2.54. The first-order valence-corrected chi connectivity index (χ1v) is 6.58. The van der Waals surface area contributed by atoms with Gasteiger partial charge in [0.05, 0.1) is 0 Å². The van der Waals surface area contributed by atoms with Crippen molar-refractivity contribution >= 4 is 23.4 Å². The van der Waals surface area contributed by atoms with E-state index in [0.29, 0.717) is 11.2 Å². The fraction of sp³-hybridized carbons (Fsp3) is 0.667. The number of nitrogens with two attached hydrogens (primary N) is 1. The maximum atomic E-state index is 5.85. The summed E-state index contributed by atoms with van der Waals surface area (Å²) in [6.07, 6.45) is 6.23. The Morgan fingerprint density at radius 3 is 2.88 bits per heavy atom. The summed E-state index contributed by atoms with van der Waals surface area (Å²) in [6.45, 7) is 2.32. The molecule has 2 rings (SSSR count). The Hall–Kier alpha value is -1.03. The van der Waals surface area contributed by atoms with E-state index in [9.17, 15) is 0 Å². The van der Waals surface area contributed by atoms with Gasteiger partial charge in [-0.2, -0.15) is 4.98 Å². The van der Waals surface area contributed by atoms with Crippen molar-refractivity contribution in [1.29, 1.82) is 0 Å². The first-order valence-electron chi connectivity index (χ1n) is 6.20. The number of halogens is 1. The van der Waals surface area contributed by atoms with Crippen molar-refractivity contribution in [3.63, 3.8) is 0 Å². The first-order chi connectivity index (χ1) is 8.13. The monoisotopic (exact) mass is 254 g/mol. The zero-order valence-electron chi connectivity index (χ0n) is 10.1. The molecule has 94 valence electrons. The molecule has 1 fully saturated rings. The van der Waals surface area contributed by atoms with Crippen LogP contribution in [0.25, 0.3) is 0 Å². The Labute approximate surface area is 107 Å². The lowest BCUT2D eigenvalue weighted by atomic mass is 10.0. The summed E-state index contributed by atoms with van der Waals surface area (Å²) < 4.78 is 0. The largest absolute Gasteiger partial charge is 0.368 e. The molecule has 2 atom stereocenters. The highest BCUT2D eigenvalue weighted by Crippen LogP contribution is 2.25. The molecule has 1 aliphatic rings. The quantitative estimate of drug-likeness (QED) is 0.629. The van der Waals surface area contributed by atoms with Crippen LogP contribution in [0.1, 0.15) is 39.0 Å². The van der Waals surface area contributed by atoms with Crippen LogP contribution >= 0.6 is 11.6 Å². The van der Waals surface area contributed by atoms with Crippen LogP contribution in [-0.2, 0) is 0 Å². The molecular weight excluding hydrogens is 236 g/mol. The van der Waals surface area contributed by atoms with Crippen LogP contribution in [0.2, 0.25) is 5.15 Å². The number of rotatable bonds is 2. The van der Waals surface area contributed by atoms with E-state index >= 15 is 0 Å². The standard InChI is InChI=1S/C12H19ClN4/c1-8-3-2-4-9(6-5-8)15-11-7-10(13)16-12(14)17-11/h7-9H,2-6H2,1H3,(H3,14,15,16,17). The molecule has 1 aromatic rings. The van der Waals surface area contributed by atoms with Gasteiger partial charge in [0.2, 0.25) is 5.95 Å². The van der Waals surface area contributed by atoms with Crippen LogP contribution in [-0.4, -0.2) is 16.0 Å². The van der Waals surface area contributed by atoms with Gasteiger partial charge in [-0.15, -0.1) is 0 Å². The van der Waals surface area contributed by atoms with Crippen LogP contribution in [0.15, 0.2) is 6.07 Å². The Bertz CT molecular complexity index is 363. The van der Waals surface area contributed by atoms with Gasteiger partial charge in [-0.25, -0.2) is 4.98 Å². The van der Waals surface area contributed by atoms with Gasteiger partial charge in [0.1, 0.15) is 11.0 Å². The molecule has 1 aromatic heterocycles. The second kappa shape index (κ2) is 5.54. The first kappa shape index (κ1) is 12.4. The minimum atomic E-state index is 0.224. The van der Waals surface area contributed by atoms with Crippen LogP contribution < -0.4 is 11.1 Å². The Morgan fingerprint density at radius 1 is 1.29 bits per heavy atom. The van der Waals surface area contributed by atoms with Gasteiger partial charge >= 0.3 is 0 Å². The van der Waals surface area contributed by atoms with Crippen molar-refractivity contribution in [1.82, 2.24) is 9.97 Å². The average molecular weight is 255 g/mol. The normalized spacial score (nSPS) is 25.3. The Balaban J connectivity index is 1.99. The summed E-state index contributed by atoms with van der Waals surface area (Å²) in [5.74, 6) is 1.80. The van der Waals surface area contributed by atoms with Gasteiger partial charge in [-0.1, -0.05) is 31.4 Å². The number of hydrogen-bond acceptors (Lipinski definition) is 4. The molecule has 0 radical (unpaired) electrons. The van der Waals surface area contributed by atoms with Gasteiger partial charge < -0.3 is 11.1 Å². The molecule has 0 aromatic carbocycles. The highest BCUT2D eigenvalue weighted by atomic mass is 35.5. The molecule has 3 N–H and O–H groups in total. The third kappa shape index (κ3) is 3.73. The second-order valence-corrected chi connectivity index (χ2v) is 5.28. The van der Waals surface area contributed by atoms with E-state index in [4.69, 9.17) is 17.3 Å². The van der Waals surface area contributed by atoms with Crippen LogP contribution in [0, 0.1) is 5.92 Å². The highest BCUT2D eigenvalue weighted by molar-refractivity contribution is 6.29. The number of nitrogens with one attached hydrogen (secondary N) is 1. The van der Waals surface area contributed by atoms with Gasteiger partial charge in [-0.3, -0.25) is 0 Å². The van der Waals surface area contributed by atoms with E-state index in [1.807, 2.05) is 0 Å². The Morgan fingerprint density at radius 2 is 2.12 bits per heavy atom. The fourth-order valence-electron chi connectivity index (χ4n) is 2.35. The van der Waals surface area contributed by atoms with Crippen LogP contribution in [0.4, 0.5) is 11.8 Å². The summed E-state index contributed by atoms with van der Waals surface area (Å²) in [5, 5.41) is 3.80. The predicted molar refractivity (Wildman–Crippen MR) is 71.1 cm³/mol. The second-order valence-electron chi connectivity index (χ2n) is 4.89. The maximum Gasteiger partial charge on any atom is 0.223 e. The molecule has 1 heterocycles. The molecule has 2 unspecified atom stereocenters. The zero-order valence-corrected chi connectivity index (χ0v) is 10.9. The number of hydrogen-bond donors (Lipinski definition) is 2. The van der Waals surface area contributed by atoms with E-state index in [0.717, 1.165) is 11.7 Å². The molecule has 5 heteroatoms. The average Bonchev–Trinajstić information content (AvgIpc) is 2.42. The van der Waals surface area contributed by atoms with Crippen molar-refractivity contribution in [3.05, 3.63) is 11.2 Å². The van der Waals surface area contributed by atoms with Crippen molar-refractivity contribution in [2.24, 2.45) is 5.92 Å². The van der Waals surface area contributed by atoms with E-state index in [1.54, 1.807) is 6.07 Å². The molecule has 1 aliphatic carbocycles. The van der Waals surface area contributed by atoms with Crippen LogP contribution in [0.5, 0.6) is 0 Å². The Kier molecular flexibility index (Phi) is 4.05. The molecule has 0 spiro atoms. The zero-order chi connectivity index (χ0) is 12.3. The van der Waals surface area contributed by atoms with Gasteiger partial charge in [-0.05, 0) is 25.2 Å². The SMILES string of the molecule is CC1CCCC(Nc2cc(Cl)nc(N)n2)CC1. The topological polar surface area (TPSA) is 63.8 Å². The van der Waals surface area contributed by atoms with E-state index < -0.39 is 0 Å². The smallest absolute Gasteiger partial charge is 0.223 e. The number of nitrogen functional groups attached to an aromatic ring is 1. The molecular formula is C12H19ClN4. The third-order valence-corrected chi connectivity index (χ3v) is 3.52. The van der Waals surface area contributed by atoms with Crippen molar-refractivity contribution < 1.29 is 0 Å². The molecule has 4 nitrogen and oxygen atoms in total. The lowest BCUT2D eigenvalue weighted by Gasteiger charge is -2.17. The summed E-state index contributed by atoms with van der Waals surface area (Å²) >= 11 is 5.85. The third-order valence-electron chi connectivity index (χ3n) is 3.32. The maximum absolute atomic E-state index is 5.85. The highest BCUT2D eigenvalue weighted by Gasteiger charge is 2.16. The summed E-state index contributed by atoms with van der Waals surface area (Å²) in [7, 11) is 0. The lowest BCUT2D eigenvalue weighted by Crippen LogP contribution is -2.19. The van der Waals surface area contributed by atoms with Crippen molar-refractivity contribution in [2.75, 3.05) is 11.1 Å². The predicted octanol–water partition coefficient (Wildman–Crippen LogP) is 3.09. The minimum Gasteiger partial charge on any atom is -0.368 e. The van der Waals surface area contributed by atoms with Crippen LogP contribution in [0.3, 0.4) is 0 Å². The number of aromatic nitrogens is 2. The number of nitrogens with zero attached hydrogens (tertiary/aromatic N) is 2. The molecule has 0 saturated heterocycles. The van der Waals surface area contributed by atoms with E-state index in [-0.39, 0.29) is 5.95 Å². The van der Waals surface area contributed by atoms with Crippen molar-refractivity contribution in [3.8, 4) is 0 Å². The molecule has 0 bridgehead atoms. The van der Waals surface area contributed by atoms with E-state index in [2.05, 4.69) is 22.2 Å².